The molecular formula is C11H11N5O2. The third-order valence-electron chi connectivity index (χ3n) is 2.42. The van der Waals surface area contributed by atoms with E-state index >= 15 is 0 Å². The Balaban J connectivity index is 2.21. The van der Waals surface area contributed by atoms with Crippen LogP contribution in [0.4, 0.5) is 17.1 Å². The Bertz CT molecular complexity index is 581. The van der Waals surface area contributed by atoms with E-state index in [4.69, 9.17) is 0 Å². The normalized spacial score (nSPS) is 11.0. The van der Waals surface area contributed by atoms with Gasteiger partial charge in [0.05, 0.1) is 22.0 Å². The average molecular weight is 245 g/mol. The van der Waals surface area contributed by atoms with E-state index in [1.54, 1.807) is 12.1 Å². The highest BCUT2D eigenvalue weighted by Gasteiger charge is 2.05. The Morgan fingerprint density at radius 1 is 1.22 bits per heavy atom. The smallest absolute Gasteiger partial charge is 0.269 e. The van der Waals surface area contributed by atoms with Gasteiger partial charge in [0.25, 0.3) is 5.69 Å². The predicted octanol–water partition coefficient (Wildman–Crippen LogP) is 3.35. The monoisotopic (exact) mass is 245 g/mol. The molecule has 0 amide bonds. The number of nitro benzene ring substituents is 1. The van der Waals surface area contributed by atoms with Crippen molar-refractivity contribution < 1.29 is 4.92 Å². The van der Waals surface area contributed by atoms with E-state index in [9.17, 15) is 10.1 Å². The molecule has 0 aliphatic heterocycles. The Hall–Kier alpha value is -2.57. The maximum absolute atomic E-state index is 10.5. The van der Waals surface area contributed by atoms with Crippen molar-refractivity contribution in [2.24, 2.45) is 10.2 Å². The van der Waals surface area contributed by atoms with Gasteiger partial charge in [0.15, 0.2) is 0 Å². The van der Waals surface area contributed by atoms with Gasteiger partial charge in [-0.3, -0.25) is 15.2 Å². The van der Waals surface area contributed by atoms with E-state index < -0.39 is 4.92 Å². The number of hydrogen-bond acceptors (Lipinski definition) is 5. The molecule has 1 N–H and O–H groups in total. The quantitative estimate of drug-likeness (QED) is 0.510. The van der Waals surface area contributed by atoms with Gasteiger partial charge >= 0.3 is 0 Å². The highest BCUT2D eigenvalue weighted by molar-refractivity contribution is 5.47. The fourth-order valence-corrected chi connectivity index (χ4v) is 1.44. The molecule has 0 saturated carbocycles. The second kappa shape index (κ2) is 4.74. The number of nitrogens with one attached hydrogen (secondary N) is 1. The van der Waals surface area contributed by atoms with Gasteiger partial charge in [-0.05, 0) is 26.0 Å². The molecule has 0 unspecified atom stereocenters. The summed E-state index contributed by atoms with van der Waals surface area (Å²) in [6.07, 6.45) is 0. The molecule has 0 atom stereocenters. The van der Waals surface area contributed by atoms with Crippen LogP contribution in [0.15, 0.2) is 34.5 Å². The lowest BCUT2D eigenvalue weighted by Gasteiger charge is -1.93. The minimum absolute atomic E-state index is 0.0321. The Kier molecular flexibility index (Phi) is 3.13. The van der Waals surface area contributed by atoms with Crippen LogP contribution >= 0.6 is 0 Å². The van der Waals surface area contributed by atoms with Crippen molar-refractivity contribution in [1.29, 1.82) is 0 Å². The van der Waals surface area contributed by atoms with Crippen LogP contribution in [0.2, 0.25) is 0 Å². The van der Waals surface area contributed by atoms with Crippen molar-refractivity contribution in [2.75, 3.05) is 0 Å². The zero-order chi connectivity index (χ0) is 13.1. The summed E-state index contributed by atoms with van der Waals surface area (Å²) in [4.78, 5) is 10.0. The van der Waals surface area contributed by atoms with Gasteiger partial charge < -0.3 is 0 Å². The van der Waals surface area contributed by atoms with Crippen molar-refractivity contribution in [2.45, 2.75) is 13.8 Å². The van der Waals surface area contributed by atoms with E-state index in [0.717, 1.165) is 11.4 Å². The lowest BCUT2D eigenvalue weighted by molar-refractivity contribution is -0.384. The molecule has 2 rings (SSSR count). The summed E-state index contributed by atoms with van der Waals surface area (Å²) in [5.74, 6) is 0. The number of hydrogen-bond donors (Lipinski definition) is 1. The summed E-state index contributed by atoms with van der Waals surface area (Å²) in [7, 11) is 0. The molecule has 0 spiro atoms. The van der Waals surface area contributed by atoms with E-state index in [1.165, 1.54) is 12.1 Å². The third kappa shape index (κ3) is 2.40. The zero-order valence-corrected chi connectivity index (χ0v) is 9.91. The van der Waals surface area contributed by atoms with E-state index in [1.807, 2.05) is 13.8 Å². The van der Waals surface area contributed by atoms with E-state index in [2.05, 4.69) is 20.4 Å². The zero-order valence-electron chi connectivity index (χ0n) is 9.91. The van der Waals surface area contributed by atoms with Crippen molar-refractivity contribution in [1.82, 2.24) is 10.2 Å². The summed E-state index contributed by atoms with van der Waals surface area (Å²) in [5, 5.41) is 25.4. The van der Waals surface area contributed by atoms with Gasteiger partial charge in [0, 0.05) is 12.1 Å². The predicted molar refractivity (Wildman–Crippen MR) is 65.3 cm³/mol. The number of non-ortho nitro benzene ring substituents is 1. The molecule has 0 fully saturated rings. The fraction of sp³-hybridized carbons (Fsp3) is 0.182. The van der Waals surface area contributed by atoms with Crippen LogP contribution in [-0.2, 0) is 0 Å². The van der Waals surface area contributed by atoms with Gasteiger partial charge in [-0.1, -0.05) is 0 Å². The molecule has 18 heavy (non-hydrogen) atoms. The molecule has 7 nitrogen and oxygen atoms in total. The van der Waals surface area contributed by atoms with Crippen molar-refractivity contribution >= 4 is 17.1 Å². The van der Waals surface area contributed by atoms with Crippen LogP contribution in [0.25, 0.3) is 0 Å². The SMILES string of the molecule is Cc1n[nH]c(C)c1/N=N/c1ccc([N+](=O)[O-])cc1. The molecule has 0 aliphatic rings. The van der Waals surface area contributed by atoms with Crippen LogP contribution in [0.5, 0.6) is 0 Å². The van der Waals surface area contributed by atoms with Gasteiger partial charge in [-0.15, -0.1) is 5.11 Å². The number of azo groups is 1. The van der Waals surface area contributed by atoms with Gasteiger partial charge in [0.1, 0.15) is 5.69 Å². The number of aromatic nitrogens is 2. The summed E-state index contributed by atoms with van der Waals surface area (Å²) in [6, 6.07) is 5.88. The van der Waals surface area contributed by atoms with E-state index in [-0.39, 0.29) is 5.69 Å². The van der Waals surface area contributed by atoms with Crippen LogP contribution in [0.1, 0.15) is 11.4 Å². The summed E-state index contributed by atoms with van der Waals surface area (Å²) in [5.41, 5.74) is 2.87. The molecule has 1 heterocycles. The third-order valence-corrected chi connectivity index (χ3v) is 2.42. The van der Waals surface area contributed by atoms with Crippen LogP contribution in [0.3, 0.4) is 0 Å². The van der Waals surface area contributed by atoms with Crippen molar-refractivity contribution in [3.05, 3.63) is 45.8 Å². The standard InChI is InChI=1S/C11H11N5O2/c1-7-11(8(2)13-12-7)15-14-9-3-5-10(6-4-9)16(17)18/h3-6H,1-2H3,(H,12,13)/b15-14+. The maximum Gasteiger partial charge on any atom is 0.269 e. The minimum atomic E-state index is -0.453. The number of H-pyrrole nitrogens is 1. The first kappa shape index (κ1) is 11.9. The number of nitro groups is 1. The first-order valence-corrected chi connectivity index (χ1v) is 5.25. The number of rotatable bonds is 3. The molecule has 1 aromatic carbocycles. The van der Waals surface area contributed by atoms with E-state index in [0.29, 0.717) is 11.4 Å². The molecule has 92 valence electrons. The number of aryl methyl sites for hydroxylation is 2. The van der Waals surface area contributed by atoms with Crippen molar-refractivity contribution in [3.63, 3.8) is 0 Å². The molecule has 0 aliphatic carbocycles. The lowest BCUT2D eigenvalue weighted by Crippen LogP contribution is -1.85. The number of benzene rings is 1. The largest absolute Gasteiger partial charge is 0.280 e. The van der Waals surface area contributed by atoms with Gasteiger partial charge in [-0.2, -0.15) is 10.2 Å². The van der Waals surface area contributed by atoms with Gasteiger partial charge in [0.2, 0.25) is 0 Å². The maximum atomic E-state index is 10.5. The summed E-state index contributed by atoms with van der Waals surface area (Å²) >= 11 is 0. The van der Waals surface area contributed by atoms with Crippen LogP contribution < -0.4 is 0 Å². The molecule has 1 aromatic heterocycles. The second-order valence-corrected chi connectivity index (χ2v) is 3.76. The Morgan fingerprint density at radius 3 is 2.39 bits per heavy atom. The number of aromatic amines is 1. The second-order valence-electron chi connectivity index (χ2n) is 3.76. The fourth-order valence-electron chi connectivity index (χ4n) is 1.44. The topological polar surface area (TPSA) is 96.5 Å². The highest BCUT2D eigenvalue weighted by Crippen LogP contribution is 2.24. The summed E-state index contributed by atoms with van der Waals surface area (Å²) in [6.45, 7) is 3.68. The Morgan fingerprint density at radius 2 is 1.89 bits per heavy atom. The minimum Gasteiger partial charge on any atom is -0.280 e. The average Bonchev–Trinajstić information content (AvgIpc) is 2.67. The first-order valence-electron chi connectivity index (χ1n) is 5.25. The summed E-state index contributed by atoms with van der Waals surface area (Å²) < 4.78 is 0. The molecule has 7 heteroatoms. The Labute approximate surface area is 103 Å². The van der Waals surface area contributed by atoms with Crippen LogP contribution in [-0.4, -0.2) is 15.1 Å². The van der Waals surface area contributed by atoms with Gasteiger partial charge in [-0.25, -0.2) is 0 Å². The van der Waals surface area contributed by atoms with Crippen LogP contribution in [0, 0.1) is 24.0 Å². The molecule has 2 aromatic rings. The molecular weight excluding hydrogens is 234 g/mol. The first-order chi connectivity index (χ1) is 8.58. The number of nitrogens with zero attached hydrogens (tertiary/aromatic N) is 4. The molecule has 0 bridgehead atoms. The highest BCUT2D eigenvalue weighted by atomic mass is 16.6. The van der Waals surface area contributed by atoms with Crippen molar-refractivity contribution in [3.8, 4) is 0 Å². The lowest BCUT2D eigenvalue weighted by atomic mass is 10.3. The molecule has 0 radical (unpaired) electrons. The molecule has 0 saturated heterocycles.